The number of hydrogen-bond acceptors (Lipinski definition) is 4. The van der Waals surface area contributed by atoms with Crippen LogP contribution in [0.2, 0.25) is 0 Å². The molecule has 3 aromatic rings. The van der Waals surface area contributed by atoms with E-state index in [0.717, 1.165) is 27.5 Å². The molecular weight excluding hydrogens is 472 g/mol. The molecule has 0 radical (unpaired) electrons. The standard InChI is InChI=1S/C26H29F2N3O3S/c1-19-9-11-22(35-19)17-31(16-20-7-4-3-5-8-20)25(32)18-30(13-6-14-34-2)26(33)29-24-12-10-21(27)15-23(24)28/h3-5,7-12,15H,6,13-14,16-18H2,1-2H3,(H,29,33). The molecule has 0 aliphatic rings. The Hall–Kier alpha value is -3.30. The largest absolute Gasteiger partial charge is 0.385 e. The van der Waals surface area contributed by atoms with Crippen molar-refractivity contribution in [3.05, 3.63) is 87.6 Å². The normalized spacial score (nSPS) is 10.7. The number of hydrogen-bond donors (Lipinski definition) is 1. The molecule has 0 saturated heterocycles. The van der Waals surface area contributed by atoms with Gasteiger partial charge in [-0.2, -0.15) is 0 Å². The van der Waals surface area contributed by atoms with Crippen molar-refractivity contribution in [3.63, 3.8) is 0 Å². The molecule has 3 amide bonds. The quantitative estimate of drug-likeness (QED) is 0.356. The van der Waals surface area contributed by atoms with Gasteiger partial charge in [-0.05, 0) is 43.2 Å². The Balaban J connectivity index is 1.77. The van der Waals surface area contributed by atoms with Crippen LogP contribution in [-0.4, -0.2) is 48.5 Å². The van der Waals surface area contributed by atoms with Gasteiger partial charge in [-0.15, -0.1) is 11.3 Å². The number of nitrogens with one attached hydrogen (secondary N) is 1. The average Bonchev–Trinajstić information content (AvgIpc) is 3.25. The zero-order valence-corrected chi connectivity index (χ0v) is 20.6. The molecule has 0 atom stereocenters. The average molecular weight is 502 g/mol. The van der Waals surface area contributed by atoms with E-state index in [-0.39, 0.29) is 24.7 Å². The highest BCUT2D eigenvalue weighted by Gasteiger charge is 2.23. The number of urea groups is 1. The summed E-state index contributed by atoms with van der Waals surface area (Å²) in [7, 11) is 1.55. The maximum Gasteiger partial charge on any atom is 0.322 e. The SMILES string of the molecule is COCCCN(CC(=O)N(Cc1ccccc1)Cc1ccc(C)s1)C(=O)Nc1ccc(F)cc1F. The molecule has 0 saturated carbocycles. The fourth-order valence-electron chi connectivity index (χ4n) is 3.49. The van der Waals surface area contributed by atoms with Gasteiger partial charge >= 0.3 is 6.03 Å². The van der Waals surface area contributed by atoms with Gasteiger partial charge in [0.25, 0.3) is 0 Å². The molecule has 35 heavy (non-hydrogen) atoms. The van der Waals surface area contributed by atoms with Gasteiger partial charge in [-0.3, -0.25) is 4.79 Å². The fourth-order valence-corrected chi connectivity index (χ4v) is 4.40. The highest BCUT2D eigenvalue weighted by atomic mass is 32.1. The van der Waals surface area contributed by atoms with E-state index in [1.165, 1.54) is 4.90 Å². The highest BCUT2D eigenvalue weighted by molar-refractivity contribution is 7.11. The molecule has 0 spiro atoms. The second-order valence-corrected chi connectivity index (χ2v) is 9.44. The number of carbonyl (C=O) groups excluding carboxylic acids is 2. The summed E-state index contributed by atoms with van der Waals surface area (Å²) < 4.78 is 32.4. The van der Waals surface area contributed by atoms with Crippen molar-refractivity contribution in [2.24, 2.45) is 0 Å². The van der Waals surface area contributed by atoms with Crippen LogP contribution in [0.1, 0.15) is 21.7 Å². The van der Waals surface area contributed by atoms with Gasteiger partial charge in [0.1, 0.15) is 18.2 Å². The van der Waals surface area contributed by atoms with Crippen LogP contribution in [0.15, 0.2) is 60.7 Å². The van der Waals surface area contributed by atoms with Crippen LogP contribution in [0.3, 0.4) is 0 Å². The van der Waals surface area contributed by atoms with E-state index in [0.29, 0.717) is 32.2 Å². The van der Waals surface area contributed by atoms with E-state index in [1.54, 1.807) is 23.3 Å². The van der Waals surface area contributed by atoms with Crippen molar-refractivity contribution < 1.29 is 23.1 Å². The first kappa shape index (κ1) is 26.3. The van der Waals surface area contributed by atoms with E-state index in [1.807, 2.05) is 49.4 Å². The summed E-state index contributed by atoms with van der Waals surface area (Å²) in [5, 5.41) is 2.45. The van der Waals surface area contributed by atoms with Crippen molar-refractivity contribution in [2.75, 3.05) is 32.1 Å². The first-order valence-corrected chi connectivity index (χ1v) is 12.0. The molecule has 6 nitrogen and oxygen atoms in total. The minimum Gasteiger partial charge on any atom is -0.385 e. The lowest BCUT2D eigenvalue weighted by Crippen LogP contribution is -2.44. The monoisotopic (exact) mass is 501 g/mol. The number of aryl methyl sites for hydroxylation is 1. The molecule has 3 rings (SSSR count). The van der Waals surface area contributed by atoms with Gasteiger partial charge in [0.05, 0.1) is 12.2 Å². The Morgan fingerprint density at radius 3 is 2.43 bits per heavy atom. The number of carbonyl (C=O) groups is 2. The van der Waals surface area contributed by atoms with E-state index in [4.69, 9.17) is 4.74 Å². The molecule has 2 aromatic carbocycles. The molecule has 0 fully saturated rings. The van der Waals surface area contributed by atoms with Gasteiger partial charge in [0.2, 0.25) is 5.91 Å². The van der Waals surface area contributed by atoms with Crippen molar-refractivity contribution in [2.45, 2.75) is 26.4 Å². The Morgan fingerprint density at radius 2 is 1.77 bits per heavy atom. The van der Waals surface area contributed by atoms with Crippen LogP contribution >= 0.6 is 11.3 Å². The van der Waals surface area contributed by atoms with Gasteiger partial charge in [-0.25, -0.2) is 13.6 Å². The summed E-state index contributed by atoms with van der Waals surface area (Å²) in [5.74, 6) is -1.87. The summed E-state index contributed by atoms with van der Waals surface area (Å²) in [4.78, 5) is 31.6. The third kappa shape index (κ3) is 8.15. The van der Waals surface area contributed by atoms with E-state index >= 15 is 0 Å². The molecule has 186 valence electrons. The number of halogens is 2. The molecule has 9 heteroatoms. The minimum absolute atomic E-state index is 0.157. The molecule has 0 aliphatic carbocycles. The highest BCUT2D eigenvalue weighted by Crippen LogP contribution is 2.20. The number of amides is 3. The van der Waals surface area contributed by atoms with E-state index in [9.17, 15) is 18.4 Å². The summed E-state index contributed by atoms with van der Waals surface area (Å²) >= 11 is 1.61. The summed E-state index contributed by atoms with van der Waals surface area (Å²) in [6.07, 6.45) is 0.492. The van der Waals surface area contributed by atoms with Crippen LogP contribution in [0.25, 0.3) is 0 Å². The van der Waals surface area contributed by atoms with E-state index < -0.39 is 17.7 Å². The van der Waals surface area contributed by atoms with Crippen LogP contribution in [0.5, 0.6) is 0 Å². The van der Waals surface area contributed by atoms with Crippen LogP contribution in [0.4, 0.5) is 19.3 Å². The van der Waals surface area contributed by atoms with Crippen LogP contribution in [-0.2, 0) is 22.6 Å². The van der Waals surface area contributed by atoms with E-state index in [2.05, 4.69) is 5.32 Å². The van der Waals surface area contributed by atoms with Crippen molar-refractivity contribution >= 4 is 29.0 Å². The Kier molecular flexibility index (Phi) is 9.75. The Bertz CT molecular complexity index is 1120. The molecule has 1 heterocycles. The second kappa shape index (κ2) is 13.0. The summed E-state index contributed by atoms with van der Waals surface area (Å²) in [6.45, 7) is 3.23. The summed E-state index contributed by atoms with van der Waals surface area (Å²) in [5.41, 5.74) is 0.814. The van der Waals surface area contributed by atoms with Gasteiger partial charge in [0.15, 0.2) is 0 Å². The Labute approximate surface area is 208 Å². The molecule has 0 bridgehead atoms. The fraction of sp³-hybridized carbons (Fsp3) is 0.308. The minimum atomic E-state index is -0.889. The number of thiophene rings is 1. The molecular formula is C26H29F2N3O3S. The third-order valence-electron chi connectivity index (χ3n) is 5.27. The lowest BCUT2D eigenvalue weighted by molar-refractivity contribution is -0.133. The van der Waals surface area contributed by atoms with Gasteiger partial charge in [0, 0.05) is 42.6 Å². The molecule has 0 aliphatic heterocycles. The number of nitrogens with zero attached hydrogens (tertiary/aromatic N) is 2. The lowest BCUT2D eigenvalue weighted by atomic mass is 10.2. The van der Waals surface area contributed by atoms with Crippen LogP contribution in [0, 0.1) is 18.6 Å². The van der Waals surface area contributed by atoms with Crippen molar-refractivity contribution in [1.29, 1.82) is 0 Å². The third-order valence-corrected chi connectivity index (χ3v) is 6.26. The first-order chi connectivity index (χ1) is 16.9. The molecule has 0 unspecified atom stereocenters. The number of rotatable bonds is 11. The van der Waals surface area contributed by atoms with Gasteiger partial charge < -0.3 is 19.9 Å². The van der Waals surface area contributed by atoms with Crippen molar-refractivity contribution in [1.82, 2.24) is 9.80 Å². The molecule has 1 aromatic heterocycles. The van der Waals surface area contributed by atoms with Crippen molar-refractivity contribution in [3.8, 4) is 0 Å². The maximum atomic E-state index is 14.1. The number of methoxy groups -OCH3 is 1. The predicted octanol–water partition coefficient (Wildman–Crippen LogP) is 5.43. The maximum absolute atomic E-state index is 14.1. The Morgan fingerprint density at radius 1 is 1.00 bits per heavy atom. The predicted molar refractivity (Wildman–Crippen MR) is 133 cm³/mol. The van der Waals surface area contributed by atoms with Gasteiger partial charge in [-0.1, -0.05) is 30.3 Å². The van der Waals surface area contributed by atoms with Crippen LogP contribution < -0.4 is 5.32 Å². The smallest absolute Gasteiger partial charge is 0.322 e. The lowest BCUT2D eigenvalue weighted by Gasteiger charge is -2.28. The first-order valence-electron chi connectivity index (χ1n) is 11.2. The summed E-state index contributed by atoms with van der Waals surface area (Å²) in [6, 6.07) is 15.9. The zero-order valence-electron chi connectivity index (χ0n) is 19.8. The zero-order chi connectivity index (χ0) is 25.2. The number of benzene rings is 2. The second-order valence-electron chi connectivity index (χ2n) is 8.07. The number of ether oxygens (including phenoxy) is 1. The topological polar surface area (TPSA) is 61.9 Å². The molecule has 1 N–H and O–H groups in total. The number of anilines is 1.